The molecule has 3 fully saturated rings. The average molecular weight is 259 g/mol. The van der Waals surface area contributed by atoms with Crippen molar-refractivity contribution >= 4 is 11.6 Å². The fourth-order valence-electron chi connectivity index (χ4n) is 4.05. The zero-order chi connectivity index (χ0) is 11.9. The highest BCUT2D eigenvalue weighted by atomic mass is 35.5. The molecule has 3 heteroatoms. The molecule has 1 saturated carbocycles. The lowest BCUT2D eigenvalue weighted by Gasteiger charge is -2.44. The van der Waals surface area contributed by atoms with Crippen LogP contribution in [0.5, 0.6) is 0 Å². The second-order valence-electron chi connectivity index (χ2n) is 6.52. The minimum atomic E-state index is 0.0519. The largest absolute Gasteiger partial charge is 0.378 e. The summed E-state index contributed by atoms with van der Waals surface area (Å²) < 4.78 is 11.6. The van der Waals surface area contributed by atoms with Gasteiger partial charge in [0.25, 0.3) is 0 Å². The maximum atomic E-state index is 6.31. The summed E-state index contributed by atoms with van der Waals surface area (Å²) >= 11 is 6.31. The third kappa shape index (κ3) is 2.24. The lowest BCUT2D eigenvalue weighted by molar-refractivity contribution is -0.117. The fourth-order valence-corrected chi connectivity index (χ4v) is 4.51. The van der Waals surface area contributed by atoms with Crippen LogP contribution in [0.2, 0.25) is 0 Å². The molecule has 1 aliphatic carbocycles. The van der Waals surface area contributed by atoms with Crippen LogP contribution in [0.3, 0.4) is 0 Å². The Morgan fingerprint density at radius 1 is 1.12 bits per heavy atom. The number of hydrogen-bond donors (Lipinski definition) is 0. The first-order chi connectivity index (χ1) is 8.12. The van der Waals surface area contributed by atoms with Crippen LogP contribution >= 0.6 is 11.6 Å². The topological polar surface area (TPSA) is 18.5 Å². The third-order valence-electron chi connectivity index (χ3n) is 5.26. The first-order valence-corrected chi connectivity index (χ1v) is 7.41. The van der Waals surface area contributed by atoms with E-state index in [1.807, 2.05) is 0 Å². The van der Waals surface area contributed by atoms with Crippen LogP contribution < -0.4 is 0 Å². The SMILES string of the molecule is CC1(C2CCOC3(CCOC3)C2)CCC(Cl)C1. The summed E-state index contributed by atoms with van der Waals surface area (Å²) in [6.45, 7) is 5.04. The summed E-state index contributed by atoms with van der Waals surface area (Å²) in [6.07, 6.45) is 7.16. The van der Waals surface area contributed by atoms with Gasteiger partial charge in [-0.15, -0.1) is 11.6 Å². The molecule has 2 saturated heterocycles. The van der Waals surface area contributed by atoms with E-state index in [1.165, 1.54) is 32.1 Å². The minimum absolute atomic E-state index is 0.0519. The molecule has 0 radical (unpaired) electrons. The Morgan fingerprint density at radius 3 is 2.65 bits per heavy atom. The molecule has 4 unspecified atom stereocenters. The first kappa shape index (κ1) is 12.3. The molecule has 2 nitrogen and oxygen atoms in total. The van der Waals surface area contributed by atoms with E-state index < -0.39 is 0 Å². The van der Waals surface area contributed by atoms with Gasteiger partial charge in [-0.25, -0.2) is 0 Å². The number of hydrogen-bond acceptors (Lipinski definition) is 2. The highest BCUT2D eigenvalue weighted by Gasteiger charge is 2.48. The van der Waals surface area contributed by atoms with Gasteiger partial charge < -0.3 is 9.47 Å². The van der Waals surface area contributed by atoms with Crippen molar-refractivity contribution in [2.24, 2.45) is 11.3 Å². The van der Waals surface area contributed by atoms with E-state index in [-0.39, 0.29) is 5.60 Å². The van der Waals surface area contributed by atoms with Crippen molar-refractivity contribution in [3.8, 4) is 0 Å². The molecule has 2 heterocycles. The van der Waals surface area contributed by atoms with Crippen molar-refractivity contribution in [2.45, 2.75) is 56.4 Å². The van der Waals surface area contributed by atoms with E-state index >= 15 is 0 Å². The normalized spacial score (nSPS) is 51.2. The predicted octanol–water partition coefficient (Wildman–Crippen LogP) is 3.37. The second-order valence-corrected chi connectivity index (χ2v) is 7.14. The van der Waals surface area contributed by atoms with Crippen LogP contribution in [0.1, 0.15) is 45.4 Å². The summed E-state index contributed by atoms with van der Waals surface area (Å²) in [5.41, 5.74) is 0.502. The molecule has 3 aliphatic rings. The highest BCUT2D eigenvalue weighted by molar-refractivity contribution is 6.20. The molecule has 3 rings (SSSR count). The molecule has 0 N–H and O–H groups in total. The summed E-state index contributed by atoms with van der Waals surface area (Å²) in [5.74, 6) is 0.779. The van der Waals surface area contributed by atoms with Gasteiger partial charge in [0.15, 0.2) is 0 Å². The molecule has 1 spiro atoms. The van der Waals surface area contributed by atoms with E-state index in [1.54, 1.807) is 0 Å². The van der Waals surface area contributed by atoms with E-state index in [0.29, 0.717) is 10.8 Å². The van der Waals surface area contributed by atoms with E-state index in [4.69, 9.17) is 21.1 Å². The number of rotatable bonds is 1. The maximum absolute atomic E-state index is 6.31. The smallest absolute Gasteiger partial charge is 0.0939 e. The van der Waals surface area contributed by atoms with E-state index in [2.05, 4.69) is 6.92 Å². The van der Waals surface area contributed by atoms with Gasteiger partial charge in [0, 0.05) is 25.0 Å². The highest BCUT2D eigenvalue weighted by Crippen LogP contribution is 2.52. The molecule has 0 aromatic carbocycles. The van der Waals surface area contributed by atoms with Crippen molar-refractivity contribution in [2.75, 3.05) is 19.8 Å². The second kappa shape index (κ2) is 4.40. The maximum Gasteiger partial charge on any atom is 0.0939 e. The van der Waals surface area contributed by atoms with Gasteiger partial charge in [-0.3, -0.25) is 0 Å². The first-order valence-electron chi connectivity index (χ1n) is 6.98. The summed E-state index contributed by atoms with van der Waals surface area (Å²) in [5, 5.41) is 0.402. The van der Waals surface area contributed by atoms with Crippen LogP contribution in [0.4, 0.5) is 0 Å². The number of halogens is 1. The van der Waals surface area contributed by atoms with Gasteiger partial charge in [-0.2, -0.15) is 0 Å². The fraction of sp³-hybridized carbons (Fsp3) is 1.00. The summed E-state index contributed by atoms with van der Waals surface area (Å²) in [4.78, 5) is 0. The molecule has 0 aromatic rings. The molecule has 98 valence electrons. The Morgan fingerprint density at radius 2 is 2.00 bits per heavy atom. The molecular weight excluding hydrogens is 236 g/mol. The number of alkyl halides is 1. The van der Waals surface area contributed by atoms with Gasteiger partial charge >= 0.3 is 0 Å². The molecule has 4 atom stereocenters. The van der Waals surface area contributed by atoms with Crippen LogP contribution in [0.25, 0.3) is 0 Å². The van der Waals surface area contributed by atoms with Crippen LogP contribution in [0.15, 0.2) is 0 Å². The van der Waals surface area contributed by atoms with Gasteiger partial charge in [-0.1, -0.05) is 6.92 Å². The van der Waals surface area contributed by atoms with Crippen LogP contribution in [0, 0.1) is 11.3 Å². The quantitative estimate of drug-likeness (QED) is 0.672. The van der Waals surface area contributed by atoms with Gasteiger partial charge in [-0.05, 0) is 43.4 Å². The third-order valence-corrected chi connectivity index (χ3v) is 5.63. The van der Waals surface area contributed by atoms with Crippen molar-refractivity contribution in [3.05, 3.63) is 0 Å². The predicted molar refractivity (Wildman–Crippen MR) is 68.4 cm³/mol. The lowest BCUT2D eigenvalue weighted by Crippen LogP contribution is -2.44. The Bertz CT molecular complexity index is 288. The van der Waals surface area contributed by atoms with Crippen molar-refractivity contribution in [1.29, 1.82) is 0 Å². The average Bonchev–Trinajstić information content (AvgIpc) is 2.88. The standard InChI is InChI=1S/C14H23ClO2/c1-13(4-2-12(15)9-13)11-3-6-17-14(8-11)5-7-16-10-14/h11-12H,2-10H2,1H3. The van der Waals surface area contributed by atoms with Crippen molar-refractivity contribution < 1.29 is 9.47 Å². The summed E-state index contributed by atoms with van der Waals surface area (Å²) in [7, 11) is 0. The minimum Gasteiger partial charge on any atom is -0.378 e. The van der Waals surface area contributed by atoms with Crippen molar-refractivity contribution in [3.63, 3.8) is 0 Å². The molecule has 2 aliphatic heterocycles. The Hall–Kier alpha value is 0.210. The van der Waals surface area contributed by atoms with Crippen molar-refractivity contribution in [1.82, 2.24) is 0 Å². The zero-order valence-corrected chi connectivity index (χ0v) is 11.5. The van der Waals surface area contributed by atoms with Crippen LogP contribution in [-0.2, 0) is 9.47 Å². The summed E-state index contributed by atoms with van der Waals surface area (Å²) in [6, 6.07) is 0. The molecular formula is C14H23ClO2. The molecule has 17 heavy (non-hydrogen) atoms. The van der Waals surface area contributed by atoms with Crippen LogP contribution in [-0.4, -0.2) is 30.8 Å². The molecule has 0 bridgehead atoms. The molecule has 0 aromatic heterocycles. The van der Waals surface area contributed by atoms with Gasteiger partial charge in [0.2, 0.25) is 0 Å². The number of ether oxygens (including phenoxy) is 2. The molecule has 0 amide bonds. The Labute approximate surface area is 109 Å². The Balaban J connectivity index is 1.71. The van der Waals surface area contributed by atoms with Gasteiger partial charge in [0.1, 0.15) is 0 Å². The van der Waals surface area contributed by atoms with E-state index in [9.17, 15) is 0 Å². The zero-order valence-electron chi connectivity index (χ0n) is 10.7. The lowest BCUT2D eigenvalue weighted by atomic mass is 9.68. The van der Waals surface area contributed by atoms with Gasteiger partial charge in [0.05, 0.1) is 12.2 Å². The Kier molecular flexibility index (Phi) is 3.17. The monoisotopic (exact) mass is 258 g/mol. The van der Waals surface area contributed by atoms with E-state index in [0.717, 1.165) is 32.2 Å².